The third-order valence-electron chi connectivity index (χ3n) is 3.70. The fourth-order valence-corrected chi connectivity index (χ4v) is 3.55. The van der Waals surface area contributed by atoms with E-state index in [1.807, 2.05) is 6.92 Å². The minimum absolute atomic E-state index is 0.232. The molecule has 0 aromatic carbocycles. The molecule has 116 valence electrons. The SMILES string of the molecule is Cc1nc(C2CCCN(CC(=O)NCC(=O)O)C2)sc1C. The zero-order chi connectivity index (χ0) is 15.4. The van der Waals surface area contributed by atoms with Crippen molar-refractivity contribution in [3.8, 4) is 0 Å². The molecule has 1 saturated heterocycles. The van der Waals surface area contributed by atoms with Gasteiger partial charge in [-0.15, -0.1) is 11.3 Å². The molecule has 1 aromatic heterocycles. The molecule has 1 amide bonds. The van der Waals surface area contributed by atoms with Crippen LogP contribution in [0.1, 0.15) is 34.3 Å². The van der Waals surface area contributed by atoms with Crippen molar-refractivity contribution in [3.05, 3.63) is 15.6 Å². The molecule has 2 heterocycles. The van der Waals surface area contributed by atoms with Crippen LogP contribution in [0.25, 0.3) is 0 Å². The highest BCUT2D eigenvalue weighted by Gasteiger charge is 2.25. The van der Waals surface area contributed by atoms with Gasteiger partial charge in [0.25, 0.3) is 0 Å². The predicted molar refractivity (Wildman–Crippen MR) is 80.6 cm³/mol. The van der Waals surface area contributed by atoms with Gasteiger partial charge < -0.3 is 10.4 Å². The molecule has 7 heteroatoms. The van der Waals surface area contributed by atoms with Crippen molar-refractivity contribution in [1.29, 1.82) is 0 Å². The van der Waals surface area contributed by atoms with E-state index in [2.05, 4.69) is 22.1 Å². The number of carboxylic acid groups (broad SMARTS) is 1. The maximum absolute atomic E-state index is 11.7. The first-order valence-corrected chi connectivity index (χ1v) is 7.92. The number of hydrogen-bond acceptors (Lipinski definition) is 5. The highest BCUT2D eigenvalue weighted by atomic mass is 32.1. The third-order valence-corrected chi connectivity index (χ3v) is 4.94. The normalized spacial score (nSPS) is 19.4. The van der Waals surface area contributed by atoms with Gasteiger partial charge >= 0.3 is 5.97 Å². The molecule has 1 fully saturated rings. The van der Waals surface area contributed by atoms with Crippen molar-refractivity contribution < 1.29 is 14.7 Å². The van der Waals surface area contributed by atoms with E-state index in [0.717, 1.165) is 36.6 Å². The van der Waals surface area contributed by atoms with Gasteiger partial charge in [0.2, 0.25) is 5.91 Å². The second-order valence-electron chi connectivity index (χ2n) is 5.44. The van der Waals surface area contributed by atoms with Crippen LogP contribution in [0, 0.1) is 13.8 Å². The Balaban J connectivity index is 1.88. The molecule has 0 bridgehead atoms. The van der Waals surface area contributed by atoms with Gasteiger partial charge in [-0.3, -0.25) is 14.5 Å². The number of aliphatic carboxylic acids is 1. The lowest BCUT2D eigenvalue weighted by molar-refractivity contribution is -0.138. The van der Waals surface area contributed by atoms with Crippen LogP contribution >= 0.6 is 11.3 Å². The number of nitrogens with one attached hydrogen (secondary N) is 1. The number of carbonyl (C=O) groups is 2. The molecule has 1 aromatic rings. The first-order valence-electron chi connectivity index (χ1n) is 7.10. The summed E-state index contributed by atoms with van der Waals surface area (Å²) in [5.41, 5.74) is 1.09. The van der Waals surface area contributed by atoms with Gasteiger partial charge in [0.15, 0.2) is 0 Å². The first kappa shape index (κ1) is 15.9. The van der Waals surface area contributed by atoms with E-state index >= 15 is 0 Å². The number of nitrogens with zero attached hydrogens (tertiary/aromatic N) is 2. The van der Waals surface area contributed by atoms with E-state index in [1.165, 1.54) is 4.88 Å². The smallest absolute Gasteiger partial charge is 0.322 e. The van der Waals surface area contributed by atoms with Crippen molar-refractivity contribution in [3.63, 3.8) is 0 Å². The molecule has 0 radical (unpaired) electrons. The number of piperidine rings is 1. The Hall–Kier alpha value is -1.47. The number of amides is 1. The molecular weight excluding hydrogens is 290 g/mol. The van der Waals surface area contributed by atoms with Crippen LogP contribution in [0.15, 0.2) is 0 Å². The zero-order valence-corrected chi connectivity index (χ0v) is 13.2. The Labute approximate surface area is 128 Å². The van der Waals surface area contributed by atoms with E-state index in [4.69, 9.17) is 5.11 Å². The number of carbonyl (C=O) groups excluding carboxylic acids is 1. The molecule has 1 aliphatic rings. The van der Waals surface area contributed by atoms with Gasteiger partial charge in [0.05, 0.1) is 17.2 Å². The van der Waals surface area contributed by atoms with E-state index in [9.17, 15) is 9.59 Å². The van der Waals surface area contributed by atoms with E-state index in [1.54, 1.807) is 11.3 Å². The summed E-state index contributed by atoms with van der Waals surface area (Å²) in [7, 11) is 0. The van der Waals surface area contributed by atoms with E-state index in [-0.39, 0.29) is 19.0 Å². The van der Waals surface area contributed by atoms with Gasteiger partial charge in [-0.1, -0.05) is 0 Å². The van der Waals surface area contributed by atoms with Gasteiger partial charge in [0.1, 0.15) is 6.54 Å². The summed E-state index contributed by atoms with van der Waals surface area (Å²) in [5.74, 6) is -0.874. The summed E-state index contributed by atoms with van der Waals surface area (Å²) in [4.78, 5) is 30.1. The fraction of sp³-hybridized carbons (Fsp3) is 0.643. The van der Waals surface area contributed by atoms with Crippen LogP contribution in [-0.2, 0) is 9.59 Å². The molecular formula is C14H21N3O3S. The van der Waals surface area contributed by atoms with E-state index < -0.39 is 5.97 Å². The average Bonchev–Trinajstić information content (AvgIpc) is 2.77. The number of rotatable bonds is 5. The standard InChI is InChI=1S/C14H21N3O3S/c1-9-10(2)21-14(16-9)11-4-3-5-17(7-11)8-12(18)15-6-13(19)20/h11H,3-8H2,1-2H3,(H,15,18)(H,19,20). The van der Waals surface area contributed by atoms with Crippen molar-refractivity contribution in [2.75, 3.05) is 26.2 Å². The van der Waals surface area contributed by atoms with Crippen LogP contribution in [-0.4, -0.2) is 53.0 Å². The number of aryl methyl sites for hydroxylation is 2. The molecule has 0 saturated carbocycles. The van der Waals surface area contributed by atoms with Gasteiger partial charge in [-0.2, -0.15) is 0 Å². The molecule has 1 aliphatic heterocycles. The average molecular weight is 311 g/mol. The lowest BCUT2D eigenvalue weighted by Gasteiger charge is -2.31. The van der Waals surface area contributed by atoms with Gasteiger partial charge in [-0.25, -0.2) is 4.98 Å². The Morgan fingerprint density at radius 3 is 2.86 bits per heavy atom. The fourth-order valence-electron chi connectivity index (χ4n) is 2.51. The van der Waals surface area contributed by atoms with E-state index in [0.29, 0.717) is 5.92 Å². The number of likely N-dealkylation sites (tertiary alicyclic amines) is 1. The van der Waals surface area contributed by atoms with Crippen LogP contribution in [0.5, 0.6) is 0 Å². The molecule has 0 aliphatic carbocycles. The van der Waals surface area contributed by atoms with Crippen LogP contribution in [0.2, 0.25) is 0 Å². The maximum atomic E-state index is 11.7. The second kappa shape index (κ2) is 7.00. The van der Waals surface area contributed by atoms with Crippen molar-refractivity contribution in [2.45, 2.75) is 32.6 Å². The second-order valence-corrected chi connectivity index (χ2v) is 6.67. The van der Waals surface area contributed by atoms with Crippen LogP contribution in [0.4, 0.5) is 0 Å². The maximum Gasteiger partial charge on any atom is 0.322 e. The Kier molecular flexibility index (Phi) is 5.30. The summed E-state index contributed by atoms with van der Waals surface area (Å²) in [6.45, 7) is 5.73. The molecule has 21 heavy (non-hydrogen) atoms. The highest BCUT2D eigenvalue weighted by Crippen LogP contribution is 2.31. The van der Waals surface area contributed by atoms with Gasteiger partial charge in [-0.05, 0) is 33.2 Å². The van der Waals surface area contributed by atoms with Crippen molar-refractivity contribution >= 4 is 23.2 Å². The minimum Gasteiger partial charge on any atom is -0.480 e. The highest BCUT2D eigenvalue weighted by molar-refractivity contribution is 7.11. The Morgan fingerprint density at radius 2 is 2.24 bits per heavy atom. The largest absolute Gasteiger partial charge is 0.480 e. The number of hydrogen-bond donors (Lipinski definition) is 2. The van der Waals surface area contributed by atoms with Gasteiger partial charge in [0, 0.05) is 17.3 Å². The number of aromatic nitrogens is 1. The van der Waals surface area contributed by atoms with Crippen molar-refractivity contribution in [1.82, 2.24) is 15.2 Å². The summed E-state index contributed by atoms with van der Waals surface area (Å²) in [6, 6.07) is 0. The lowest BCUT2D eigenvalue weighted by atomic mass is 9.99. The quantitative estimate of drug-likeness (QED) is 0.852. The third kappa shape index (κ3) is 4.50. The summed E-state index contributed by atoms with van der Waals surface area (Å²) >= 11 is 1.74. The number of carboxylic acids is 1. The minimum atomic E-state index is -1.02. The van der Waals surface area contributed by atoms with Crippen LogP contribution < -0.4 is 5.32 Å². The Bertz CT molecular complexity index is 510. The predicted octanol–water partition coefficient (Wildman–Crippen LogP) is 1.14. The molecule has 0 spiro atoms. The summed E-state index contributed by atoms with van der Waals surface area (Å²) < 4.78 is 0. The van der Waals surface area contributed by atoms with Crippen molar-refractivity contribution in [2.24, 2.45) is 0 Å². The molecule has 6 nitrogen and oxygen atoms in total. The molecule has 2 N–H and O–H groups in total. The lowest BCUT2D eigenvalue weighted by Crippen LogP contribution is -2.43. The summed E-state index contributed by atoms with van der Waals surface area (Å²) in [6.07, 6.45) is 2.13. The molecule has 1 unspecified atom stereocenters. The monoisotopic (exact) mass is 311 g/mol. The molecule has 1 atom stereocenters. The molecule has 2 rings (SSSR count). The Morgan fingerprint density at radius 1 is 1.48 bits per heavy atom. The topological polar surface area (TPSA) is 82.5 Å². The van der Waals surface area contributed by atoms with Crippen LogP contribution in [0.3, 0.4) is 0 Å². The number of thiazole rings is 1. The summed E-state index contributed by atoms with van der Waals surface area (Å²) in [5, 5.41) is 12.1. The first-order chi connectivity index (χ1) is 9.95. The zero-order valence-electron chi connectivity index (χ0n) is 12.4.